The van der Waals surface area contributed by atoms with Gasteiger partial charge in [0.25, 0.3) is 0 Å². The van der Waals surface area contributed by atoms with E-state index in [2.05, 4.69) is 24.9 Å². The molecule has 1 heterocycles. The Labute approximate surface area is 73.8 Å². The number of pyridine rings is 1. The molecule has 2 heteroatoms. The molecule has 66 valence electrons. The van der Waals surface area contributed by atoms with Crippen LogP contribution in [-0.4, -0.2) is 4.98 Å². The molecule has 0 aliphatic heterocycles. The third kappa shape index (κ3) is 1.83. The molecule has 1 aromatic rings. The van der Waals surface area contributed by atoms with Crippen molar-refractivity contribution in [2.75, 3.05) is 0 Å². The fraction of sp³-hybridized carbons (Fsp3) is 0.500. The molecule has 0 atom stereocenters. The van der Waals surface area contributed by atoms with Crippen molar-refractivity contribution in [2.45, 2.75) is 33.2 Å². The summed E-state index contributed by atoms with van der Waals surface area (Å²) >= 11 is 0. The summed E-state index contributed by atoms with van der Waals surface area (Å²) in [4.78, 5) is 4.29. The lowest BCUT2D eigenvalue weighted by Gasteiger charge is -2.08. The molecule has 0 aromatic carbocycles. The molecule has 1 rings (SSSR count). The van der Waals surface area contributed by atoms with Crippen LogP contribution >= 0.6 is 0 Å². The Hall–Kier alpha value is -0.890. The highest BCUT2D eigenvalue weighted by atomic mass is 14.7. The SMILES string of the molecule is Cc1ncc(C(C)C)cc1CN. The van der Waals surface area contributed by atoms with Crippen LogP contribution in [0.5, 0.6) is 0 Å². The zero-order valence-electron chi connectivity index (χ0n) is 7.96. The largest absolute Gasteiger partial charge is 0.326 e. The van der Waals surface area contributed by atoms with Gasteiger partial charge in [0.1, 0.15) is 0 Å². The average molecular weight is 164 g/mol. The van der Waals surface area contributed by atoms with Crippen molar-refractivity contribution in [3.8, 4) is 0 Å². The second kappa shape index (κ2) is 3.68. The smallest absolute Gasteiger partial charge is 0.0417 e. The zero-order chi connectivity index (χ0) is 9.14. The normalized spacial score (nSPS) is 10.8. The standard InChI is InChI=1S/C10H16N2/c1-7(2)10-4-9(5-11)8(3)12-6-10/h4,6-7H,5,11H2,1-3H3. The summed E-state index contributed by atoms with van der Waals surface area (Å²) in [6.07, 6.45) is 1.93. The van der Waals surface area contributed by atoms with Gasteiger partial charge in [0.15, 0.2) is 0 Å². The summed E-state index contributed by atoms with van der Waals surface area (Å²) in [5.74, 6) is 0.531. The van der Waals surface area contributed by atoms with Gasteiger partial charge in [0.05, 0.1) is 0 Å². The van der Waals surface area contributed by atoms with Crippen LogP contribution in [0.15, 0.2) is 12.3 Å². The minimum atomic E-state index is 0.531. The summed E-state index contributed by atoms with van der Waals surface area (Å²) in [5.41, 5.74) is 9.04. The first-order chi connectivity index (χ1) is 5.65. The molecule has 0 saturated heterocycles. The molecule has 0 bridgehead atoms. The third-order valence-electron chi connectivity index (χ3n) is 2.10. The molecule has 12 heavy (non-hydrogen) atoms. The van der Waals surface area contributed by atoms with Gasteiger partial charge in [0, 0.05) is 18.4 Å². The molecule has 0 fully saturated rings. The van der Waals surface area contributed by atoms with Gasteiger partial charge < -0.3 is 5.73 Å². The topological polar surface area (TPSA) is 38.9 Å². The lowest BCUT2D eigenvalue weighted by atomic mass is 10.0. The molecule has 0 spiro atoms. The number of aryl methyl sites for hydroxylation is 1. The molecule has 2 nitrogen and oxygen atoms in total. The minimum absolute atomic E-state index is 0.531. The maximum atomic E-state index is 5.58. The first kappa shape index (κ1) is 9.20. The fourth-order valence-corrected chi connectivity index (χ4v) is 1.12. The van der Waals surface area contributed by atoms with Crippen molar-refractivity contribution in [1.82, 2.24) is 4.98 Å². The molecule has 0 aliphatic carbocycles. The summed E-state index contributed by atoms with van der Waals surface area (Å²) in [5, 5.41) is 0. The number of nitrogens with zero attached hydrogens (tertiary/aromatic N) is 1. The van der Waals surface area contributed by atoms with E-state index < -0.39 is 0 Å². The van der Waals surface area contributed by atoms with Gasteiger partial charge in [-0.2, -0.15) is 0 Å². The van der Waals surface area contributed by atoms with Crippen LogP contribution in [0.25, 0.3) is 0 Å². The van der Waals surface area contributed by atoms with E-state index in [0.29, 0.717) is 12.5 Å². The Morgan fingerprint density at radius 2 is 2.17 bits per heavy atom. The second-order valence-corrected chi connectivity index (χ2v) is 3.37. The summed E-state index contributed by atoms with van der Waals surface area (Å²) in [6.45, 7) is 6.89. The summed E-state index contributed by atoms with van der Waals surface area (Å²) in [6, 6.07) is 2.15. The van der Waals surface area contributed by atoms with Crippen molar-refractivity contribution >= 4 is 0 Å². The summed E-state index contributed by atoms with van der Waals surface area (Å²) < 4.78 is 0. The molecule has 0 saturated carbocycles. The van der Waals surface area contributed by atoms with Crippen LogP contribution in [0, 0.1) is 6.92 Å². The van der Waals surface area contributed by atoms with E-state index in [1.807, 2.05) is 13.1 Å². The molecule has 0 aliphatic rings. The van der Waals surface area contributed by atoms with E-state index in [9.17, 15) is 0 Å². The highest BCUT2D eigenvalue weighted by Crippen LogP contribution is 2.15. The van der Waals surface area contributed by atoms with E-state index in [1.54, 1.807) is 0 Å². The number of aromatic nitrogens is 1. The predicted molar refractivity (Wildman–Crippen MR) is 51.0 cm³/mol. The van der Waals surface area contributed by atoms with Gasteiger partial charge in [0.2, 0.25) is 0 Å². The molecule has 2 N–H and O–H groups in total. The van der Waals surface area contributed by atoms with E-state index in [1.165, 1.54) is 5.56 Å². The van der Waals surface area contributed by atoms with Gasteiger partial charge >= 0.3 is 0 Å². The number of hydrogen-bond donors (Lipinski definition) is 1. The average Bonchev–Trinajstić information content (AvgIpc) is 2.05. The highest BCUT2D eigenvalue weighted by molar-refractivity contribution is 5.26. The van der Waals surface area contributed by atoms with Gasteiger partial charge in [-0.3, -0.25) is 4.98 Å². The lowest BCUT2D eigenvalue weighted by Crippen LogP contribution is -2.02. The Bertz CT molecular complexity index is 267. The van der Waals surface area contributed by atoms with Crippen LogP contribution in [0.4, 0.5) is 0 Å². The Balaban J connectivity index is 3.05. The van der Waals surface area contributed by atoms with Gasteiger partial charge in [-0.05, 0) is 24.0 Å². The van der Waals surface area contributed by atoms with Crippen molar-refractivity contribution in [3.05, 3.63) is 29.1 Å². The van der Waals surface area contributed by atoms with E-state index in [4.69, 9.17) is 5.73 Å². The van der Waals surface area contributed by atoms with Crippen LogP contribution in [0.1, 0.15) is 36.6 Å². The van der Waals surface area contributed by atoms with E-state index in [0.717, 1.165) is 11.3 Å². The summed E-state index contributed by atoms with van der Waals surface area (Å²) in [7, 11) is 0. The monoisotopic (exact) mass is 164 g/mol. The Kier molecular flexibility index (Phi) is 2.82. The lowest BCUT2D eigenvalue weighted by molar-refractivity contribution is 0.845. The third-order valence-corrected chi connectivity index (χ3v) is 2.10. The molecular weight excluding hydrogens is 148 g/mol. The van der Waals surface area contributed by atoms with Gasteiger partial charge in [-0.1, -0.05) is 19.9 Å². The van der Waals surface area contributed by atoms with E-state index >= 15 is 0 Å². The highest BCUT2D eigenvalue weighted by Gasteiger charge is 2.02. The molecule has 0 radical (unpaired) electrons. The van der Waals surface area contributed by atoms with Crippen molar-refractivity contribution in [2.24, 2.45) is 5.73 Å². The fourth-order valence-electron chi connectivity index (χ4n) is 1.12. The van der Waals surface area contributed by atoms with Gasteiger partial charge in [-0.15, -0.1) is 0 Å². The first-order valence-corrected chi connectivity index (χ1v) is 4.30. The number of rotatable bonds is 2. The van der Waals surface area contributed by atoms with Crippen LogP contribution in [0.3, 0.4) is 0 Å². The molecule has 0 amide bonds. The van der Waals surface area contributed by atoms with Crippen molar-refractivity contribution in [1.29, 1.82) is 0 Å². The maximum absolute atomic E-state index is 5.58. The van der Waals surface area contributed by atoms with Gasteiger partial charge in [-0.25, -0.2) is 0 Å². The predicted octanol–water partition coefficient (Wildman–Crippen LogP) is 1.97. The Morgan fingerprint density at radius 3 is 2.67 bits per heavy atom. The zero-order valence-corrected chi connectivity index (χ0v) is 7.96. The molecular formula is C10H16N2. The maximum Gasteiger partial charge on any atom is 0.0417 e. The van der Waals surface area contributed by atoms with Crippen molar-refractivity contribution in [3.63, 3.8) is 0 Å². The van der Waals surface area contributed by atoms with Crippen LogP contribution < -0.4 is 5.73 Å². The number of nitrogens with two attached hydrogens (primary N) is 1. The van der Waals surface area contributed by atoms with Crippen molar-refractivity contribution < 1.29 is 0 Å². The minimum Gasteiger partial charge on any atom is -0.326 e. The van der Waals surface area contributed by atoms with E-state index in [-0.39, 0.29) is 0 Å². The second-order valence-electron chi connectivity index (χ2n) is 3.37. The number of hydrogen-bond acceptors (Lipinski definition) is 2. The molecule has 0 unspecified atom stereocenters. The molecule has 1 aromatic heterocycles. The van der Waals surface area contributed by atoms with Crippen LogP contribution in [-0.2, 0) is 6.54 Å². The Morgan fingerprint density at radius 1 is 1.50 bits per heavy atom. The first-order valence-electron chi connectivity index (χ1n) is 4.30. The van der Waals surface area contributed by atoms with Crippen LogP contribution in [0.2, 0.25) is 0 Å². The quantitative estimate of drug-likeness (QED) is 0.725.